The predicted octanol–water partition coefficient (Wildman–Crippen LogP) is 1.00. The average Bonchev–Trinajstić information content (AvgIpc) is 2.62. The molecule has 0 fully saturated rings. The Bertz CT molecular complexity index is 475. The van der Waals surface area contributed by atoms with Gasteiger partial charge in [0.1, 0.15) is 0 Å². The minimum absolute atomic E-state index is 0.157. The summed E-state index contributed by atoms with van der Waals surface area (Å²) in [5, 5.41) is 1.98. The third-order valence-electron chi connectivity index (χ3n) is 1.84. The maximum atomic E-state index is 11.4. The van der Waals surface area contributed by atoms with Crippen molar-refractivity contribution in [3.05, 3.63) is 44.5 Å². The van der Waals surface area contributed by atoms with Crippen molar-refractivity contribution in [2.24, 2.45) is 0 Å². The summed E-state index contributed by atoms with van der Waals surface area (Å²) in [4.78, 5) is 18.9. The maximum Gasteiger partial charge on any atom is 0.255 e. The average molecular weight is 207 g/mol. The molecule has 4 nitrogen and oxygen atoms in total. The Labute approximate surface area is 84.4 Å². The summed E-state index contributed by atoms with van der Waals surface area (Å²) >= 11 is 1.62. The van der Waals surface area contributed by atoms with Crippen LogP contribution in [0.3, 0.4) is 0 Å². The second kappa shape index (κ2) is 3.63. The number of anilines is 1. The number of nitrogen functional groups attached to an aromatic ring is 1. The molecule has 0 aliphatic rings. The predicted molar refractivity (Wildman–Crippen MR) is 56.4 cm³/mol. The summed E-state index contributed by atoms with van der Waals surface area (Å²) in [5.74, 6) is 0.157. The van der Waals surface area contributed by atoms with Crippen molar-refractivity contribution in [2.75, 3.05) is 5.73 Å². The smallest absolute Gasteiger partial charge is 0.255 e. The lowest BCUT2D eigenvalue weighted by Crippen LogP contribution is -2.15. The summed E-state index contributed by atoms with van der Waals surface area (Å²) in [5.41, 5.74) is 5.82. The van der Waals surface area contributed by atoms with E-state index in [2.05, 4.69) is 9.97 Å². The van der Waals surface area contributed by atoms with E-state index in [9.17, 15) is 4.79 Å². The molecule has 2 rings (SSSR count). The van der Waals surface area contributed by atoms with E-state index in [1.807, 2.05) is 17.5 Å². The molecular weight excluding hydrogens is 198 g/mol. The second-order valence-corrected chi connectivity index (χ2v) is 3.91. The van der Waals surface area contributed by atoms with Gasteiger partial charge in [0, 0.05) is 23.1 Å². The van der Waals surface area contributed by atoms with E-state index in [1.54, 1.807) is 11.3 Å². The molecule has 3 N–H and O–H groups in total. The highest BCUT2D eigenvalue weighted by atomic mass is 32.1. The number of rotatable bonds is 2. The van der Waals surface area contributed by atoms with Gasteiger partial charge in [-0.3, -0.25) is 9.78 Å². The van der Waals surface area contributed by atoms with Crippen molar-refractivity contribution in [3.8, 4) is 0 Å². The maximum absolute atomic E-state index is 11.4. The highest BCUT2D eigenvalue weighted by Gasteiger charge is 2.02. The van der Waals surface area contributed by atoms with Crippen LogP contribution in [0.2, 0.25) is 0 Å². The summed E-state index contributed by atoms with van der Waals surface area (Å²) in [6.07, 6.45) is 2.13. The van der Waals surface area contributed by atoms with Crippen LogP contribution in [0, 0.1) is 0 Å². The molecule has 0 atom stereocenters. The molecule has 0 amide bonds. The Balaban J connectivity index is 2.30. The first-order chi connectivity index (χ1) is 6.75. The van der Waals surface area contributed by atoms with E-state index in [0.29, 0.717) is 12.0 Å². The van der Waals surface area contributed by atoms with Gasteiger partial charge in [0.25, 0.3) is 5.56 Å². The molecule has 0 aromatic carbocycles. The van der Waals surface area contributed by atoms with Crippen LogP contribution in [0.5, 0.6) is 0 Å². The SMILES string of the molecule is Nc1ncc(Cc2cccs2)c(=O)[nH]1. The van der Waals surface area contributed by atoms with Crippen LogP contribution in [-0.4, -0.2) is 9.97 Å². The standard InChI is InChI=1S/C9H9N3OS/c10-9-11-5-6(8(13)12-9)4-7-2-1-3-14-7/h1-3,5H,4H2,(H3,10,11,12,13). The van der Waals surface area contributed by atoms with Crippen LogP contribution in [0.4, 0.5) is 5.95 Å². The van der Waals surface area contributed by atoms with E-state index >= 15 is 0 Å². The van der Waals surface area contributed by atoms with Gasteiger partial charge in [-0.15, -0.1) is 11.3 Å². The van der Waals surface area contributed by atoms with Crippen LogP contribution in [0.15, 0.2) is 28.5 Å². The number of hydrogen-bond acceptors (Lipinski definition) is 4. The van der Waals surface area contributed by atoms with Crippen molar-refractivity contribution < 1.29 is 0 Å². The van der Waals surface area contributed by atoms with Crippen LogP contribution in [0.25, 0.3) is 0 Å². The van der Waals surface area contributed by atoms with Gasteiger partial charge in [0.15, 0.2) is 5.95 Å². The number of nitrogens with two attached hydrogens (primary N) is 1. The van der Waals surface area contributed by atoms with Gasteiger partial charge in [-0.1, -0.05) is 6.07 Å². The van der Waals surface area contributed by atoms with Crippen LogP contribution < -0.4 is 11.3 Å². The van der Waals surface area contributed by atoms with Gasteiger partial charge in [0.2, 0.25) is 0 Å². The number of aromatic nitrogens is 2. The van der Waals surface area contributed by atoms with Crippen molar-refractivity contribution in [1.82, 2.24) is 9.97 Å². The Morgan fingerprint density at radius 3 is 3.07 bits per heavy atom. The monoisotopic (exact) mass is 207 g/mol. The zero-order valence-electron chi connectivity index (χ0n) is 7.36. The summed E-state index contributed by atoms with van der Waals surface area (Å²) in [7, 11) is 0. The minimum Gasteiger partial charge on any atom is -0.369 e. The molecule has 0 saturated heterocycles. The number of nitrogens with one attached hydrogen (secondary N) is 1. The fraction of sp³-hybridized carbons (Fsp3) is 0.111. The van der Waals surface area contributed by atoms with Crippen LogP contribution in [-0.2, 0) is 6.42 Å². The first kappa shape index (κ1) is 8.96. The Morgan fingerprint density at radius 2 is 2.43 bits per heavy atom. The van der Waals surface area contributed by atoms with E-state index in [0.717, 1.165) is 4.88 Å². The molecule has 0 radical (unpaired) electrons. The first-order valence-corrected chi connectivity index (χ1v) is 5.00. The molecule has 0 spiro atoms. The first-order valence-electron chi connectivity index (χ1n) is 4.12. The molecule has 72 valence electrons. The normalized spacial score (nSPS) is 10.3. The molecule has 0 aliphatic heterocycles. The van der Waals surface area contributed by atoms with Gasteiger partial charge >= 0.3 is 0 Å². The molecule has 0 bridgehead atoms. The fourth-order valence-corrected chi connectivity index (χ4v) is 1.89. The molecule has 2 heterocycles. The molecule has 0 saturated carbocycles. The number of H-pyrrole nitrogens is 1. The zero-order chi connectivity index (χ0) is 9.97. The number of nitrogens with zero attached hydrogens (tertiary/aromatic N) is 1. The molecule has 0 aliphatic carbocycles. The minimum atomic E-state index is -0.161. The highest BCUT2D eigenvalue weighted by molar-refractivity contribution is 7.09. The second-order valence-electron chi connectivity index (χ2n) is 2.88. The van der Waals surface area contributed by atoms with E-state index < -0.39 is 0 Å². The van der Waals surface area contributed by atoms with Crippen LogP contribution >= 0.6 is 11.3 Å². The number of aromatic amines is 1. The topological polar surface area (TPSA) is 71.8 Å². The quantitative estimate of drug-likeness (QED) is 0.771. The van der Waals surface area contributed by atoms with Gasteiger partial charge in [-0.2, -0.15) is 0 Å². The zero-order valence-corrected chi connectivity index (χ0v) is 8.17. The van der Waals surface area contributed by atoms with Crippen molar-refractivity contribution in [2.45, 2.75) is 6.42 Å². The highest BCUT2D eigenvalue weighted by Crippen LogP contribution is 2.11. The van der Waals surface area contributed by atoms with Crippen molar-refractivity contribution in [1.29, 1.82) is 0 Å². The van der Waals surface area contributed by atoms with E-state index in [-0.39, 0.29) is 11.5 Å². The number of hydrogen-bond donors (Lipinski definition) is 2. The molecule has 14 heavy (non-hydrogen) atoms. The molecule has 0 unspecified atom stereocenters. The van der Waals surface area contributed by atoms with Crippen LogP contribution in [0.1, 0.15) is 10.4 Å². The molecular formula is C9H9N3OS. The fourth-order valence-electron chi connectivity index (χ4n) is 1.16. The molecule has 5 heteroatoms. The van der Waals surface area contributed by atoms with Gasteiger partial charge < -0.3 is 5.73 Å². The van der Waals surface area contributed by atoms with Crippen molar-refractivity contribution in [3.63, 3.8) is 0 Å². The Hall–Kier alpha value is -1.62. The van der Waals surface area contributed by atoms with Gasteiger partial charge in [-0.05, 0) is 11.4 Å². The Kier molecular flexibility index (Phi) is 2.32. The lowest BCUT2D eigenvalue weighted by molar-refractivity contribution is 1.05. The van der Waals surface area contributed by atoms with Gasteiger partial charge in [0.05, 0.1) is 0 Å². The van der Waals surface area contributed by atoms with E-state index in [4.69, 9.17) is 5.73 Å². The number of thiophene rings is 1. The largest absolute Gasteiger partial charge is 0.369 e. The third-order valence-corrected chi connectivity index (χ3v) is 2.71. The van der Waals surface area contributed by atoms with E-state index in [1.165, 1.54) is 6.20 Å². The summed E-state index contributed by atoms with van der Waals surface area (Å²) in [6.45, 7) is 0. The van der Waals surface area contributed by atoms with Gasteiger partial charge in [-0.25, -0.2) is 4.98 Å². The summed E-state index contributed by atoms with van der Waals surface area (Å²) < 4.78 is 0. The summed E-state index contributed by atoms with van der Waals surface area (Å²) in [6, 6.07) is 3.94. The van der Waals surface area contributed by atoms with Crippen molar-refractivity contribution >= 4 is 17.3 Å². The lowest BCUT2D eigenvalue weighted by atomic mass is 10.2. The molecule has 2 aromatic rings. The third kappa shape index (κ3) is 1.82. The molecule has 2 aromatic heterocycles. The lowest BCUT2D eigenvalue weighted by Gasteiger charge is -1.97. The Morgan fingerprint density at radius 1 is 1.57 bits per heavy atom.